The van der Waals surface area contributed by atoms with Gasteiger partial charge in [-0.25, -0.2) is 0 Å². The molecule has 5 heteroatoms. The minimum atomic E-state index is -1.20. The summed E-state index contributed by atoms with van der Waals surface area (Å²) in [5.41, 5.74) is 0. The van der Waals surface area contributed by atoms with E-state index in [1.54, 1.807) is 6.92 Å². The highest BCUT2D eigenvalue weighted by molar-refractivity contribution is 5.89. The second-order valence-electron chi connectivity index (χ2n) is 3.73. The number of ketones is 1. The SMILES string of the molecule is C[C@@H]1CC(=O)C[C@H](C(=O)O)[C@H]1C(=O)O. The lowest BCUT2D eigenvalue weighted by atomic mass is 9.72. The van der Waals surface area contributed by atoms with Gasteiger partial charge in [0, 0.05) is 12.8 Å². The maximum absolute atomic E-state index is 11.1. The van der Waals surface area contributed by atoms with Gasteiger partial charge in [0.1, 0.15) is 5.78 Å². The molecule has 0 unspecified atom stereocenters. The fourth-order valence-corrected chi connectivity index (χ4v) is 1.99. The monoisotopic (exact) mass is 200 g/mol. The standard InChI is InChI=1S/C9H12O5/c1-4-2-5(10)3-6(8(11)12)7(4)9(13)14/h4,6-7H,2-3H2,1H3,(H,11,12)(H,13,14)/t4-,6+,7+/m1/s1. The highest BCUT2D eigenvalue weighted by Gasteiger charge is 2.43. The molecular weight excluding hydrogens is 188 g/mol. The molecule has 5 nitrogen and oxygen atoms in total. The van der Waals surface area contributed by atoms with Crippen LogP contribution in [0.15, 0.2) is 0 Å². The molecule has 14 heavy (non-hydrogen) atoms. The molecule has 0 aromatic rings. The Bertz CT molecular complexity index is 283. The van der Waals surface area contributed by atoms with Gasteiger partial charge in [0.05, 0.1) is 11.8 Å². The number of carbonyl (C=O) groups is 3. The summed E-state index contributed by atoms with van der Waals surface area (Å²) in [6, 6.07) is 0. The van der Waals surface area contributed by atoms with Crippen LogP contribution in [0, 0.1) is 17.8 Å². The van der Waals surface area contributed by atoms with Crippen LogP contribution in [0.25, 0.3) is 0 Å². The lowest BCUT2D eigenvalue weighted by Gasteiger charge is -2.29. The largest absolute Gasteiger partial charge is 0.481 e. The van der Waals surface area contributed by atoms with E-state index in [2.05, 4.69) is 0 Å². The first-order chi connectivity index (χ1) is 6.43. The normalized spacial score (nSPS) is 32.6. The third kappa shape index (κ3) is 1.92. The molecule has 0 aliphatic heterocycles. The van der Waals surface area contributed by atoms with E-state index < -0.39 is 29.7 Å². The van der Waals surface area contributed by atoms with Gasteiger partial charge in [-0.1, -0.05) is 6.92 Å². The van der Waals surface area contributed by atoms with Crippen LogP contribution in [-0.4, -0.2) is 27.9 Å². The quantitative estimate of drug-likeness (QED) is 0.672. The van der Waals surface area contributed by atoms with Crippen LogP contribution in [-0.2, 0) is 14.4 Å². The smallest absolute Gasteiger partial charge is 0.307 e. The summed E-state index contributed by atoms with van der Waals surface area (Å²) >= 11 is 0. The fourth-order valence-electron chi connectivity index (χ4n) is 1.99. The number of carbonyl (C=O) groups excluding carboxylic acids is 1. The van der Waals surface area contributed by atoms with E-state index >= 15 is 0 Å². The predicted molar refractivity (Wildman–Crippen MR) is 45.7 cm³/mol. The summed E-state index contributed by atoms with van der Waals surface area (Å²) < 4.78 is 0. The van der Waals surface area contributed by atoms with E-state index in [9.17, 15) is 14.4 Å². The van der Waals surface area contributed by atoms with E-state index in [1.807, 2.05) is 0 Å². The average molecular weight is 200 g/mol. The minimum Gasteiger partial charge on any atom is -0.481 e. The second-order valence-corrected chi connectivity index (χ2v) is 3.73. The summed E-state index contributed by atoms with van der Waals surface area (Å²) in [4.78, 5) is 32.7. The van der Waals surface area contributed by atoms with Crippen molar-refractivity contribution in [2.24, 2.45) is 17.8 Å². The Balaban J connectivity index is 2.91. The average Bonchev–Trinajstić information content (AvgIpc) is 2.01. The number of carboxylic acids is 2. The molecule has 0 radical (unpaired) electrons. The van der Waals surface area contributed by atoms with Crippen molar-refractivity contribution >= 4 is 17.7 Å². The topological polar surface area (TPSA) is 91.7 Å². The lowest BCUT2D eigenvalue weighted by molar-refractivity contribution is -0.159. The Kier molecular flexibility index (Phi) is 2.88. The second kappa shape index (κ2) is 3.77. The Hall–Kier alpha value is -1.39. The molecule has 1 saturated carbocycles. The van der Waals surface area contributed by atoms with Gasteiger partial charge >= 0.3 is 11.9 Å². The van der Waals surface area contributed by atoms with E-state index in [1.165, 1.54) is 0 Å². The third-order valence-electron chi connectivity index (χ3n) is 2.65. The van der Waals surface area contributed by atoms with Crippen molar-refractivity contribution in [3.63, 3.8) is 0 Å². The zero-order valence-corrected chi connectivity index (χ0v) is 7.77. The van der Waals surface area contributed by atoms with Crippen LogP contribution in [0.5, 0.6) is 0 Å². The molecular formula is C9H12O5. The molecule has 0 heterocycles. The van der Waals surface area contributed by atoms with Crippen LogP contribution in [0.1, 0.15) is 19.8 Å². The highest BCUT2D eigenvalue weighted by atomic mass is 16.4. The molecule has 1 rings (SSSR count). The zero-order valence-electron chi connectivity index (χ0n) is 7.77. The van der Waals surface area contributed by atoms with Gasteiger partial charge in [-0.05, 0) is 5.92 Å². The maximum atomic E-state index is 11.1. The van der Waals surface area contributed by atoms with E-state index in [-0.39, 0.29) is 18.6 Å². The number of rotatable bonds is 2. The van der Waals surface area contributed by atoms with Crippen LogP contribution in [0.4, 0.5) is 0 Å². The van der Waals surface area contributed by atoms with Crippen LogP contribution in [0.2, 0.25) is 0 Å². The summed E-state index contributed by atoms with van der Waals surface area (Å²) in [7, 11) is 0. The third-order valence-corrected chi connectivity index (χ3v) is 2.65. The molecule has 1 aliphatic rings. The minimum absolute atomic E-state index is 0.156. The van der Waals surface area contributed by atoms with Crippen molar-refractivity contribution in [3.05, 3.63) is 0 Å². The lowest BCUT2D eigenvalue weighted by Crippen LogP contribution is -2.40. The summed E-state index contributed by atoms with van der Waals surface area (Å²) in [5, 5.41) is 17.6. The fraction of sp³-hybridized carbons (Fsp3) is 0.667. The number of hydrogen-bond donors (Lipinski definition) is 2. The molecule has 0 spiro atoms. The van der Waals surface area contributed by atoms with Gasteiger partial charge < -0.3 is 10.2 Å². The van der Waals surface area contributed by atoms with Crippen LogP contribution >= 0.6 is 0 Å². The molecule has 0 saturated heterocycles. The van der Waals surface area contributed by atoms with E-state index in [4.69, 9.17) is 10.2 Å². The molecule has 1 aliphatic carbocycles. The Labute approximate surface area is 80.7 Å². The predicted octanol–water partition coefficient (Wildman–Crippen LogP) is 0.387. The van der Waals surface area contributed by atoms with Crippen LogP contribution < -0.4 is 0 Å². The molecule has 0 bridgehead atoms. The number of Topliss-reactive ketones (excluding diaryl/α,β-unsaturated/α-hetero) is 1. The first kappa shape index (κ1) is 10.7. The van der Waals surface area contributed by atoms with E-state index in [0.29, 0.717) is 0 Å². The first-order valence-corrected chi connectivity index (χ1v) is 4.40. The van der Waals surface area contributed by atoms with Crippen molar-refractivity contribution in [1.29, 1.82) is 0 Å². The number of hydrogen-bond acceptors (Lipinski definition) is 3. The van der Waals surface area contributed by atoms with Crippen molar-refractivity contribution in [2.75, 3.05) is 0 Å². The molecule has 0 aromatic carbocycles. The Morgan fingerprint density at radius 3 is 2.21 bits per heavy atom. The summed E-state index contributed by atoms with van der Waals surface area (Å²) in [6.45, 7) is 1.60. The summed E-state index contributed by atoms with van der Waals surface area (Å²) in [5.74, 6) is -4.89. The van der Waals surface area contributed by atoms with Crippen molar-refractivity contribution in [2.45, 2.75) is 19.8 Å². The van der Waals surface area contributed by atoms with Gasteiger partial charge in [0.25, 0.3) is 0 Å². The summed E-state index contributed by atoms with van der Waals surface area (Å²) in [6.07, 6.45) is 0.0113. The highest BCUT2D eigenvalue weighted by Crippen LogP contribution is 2.33. The van der Waals surface area contributed by atoms with Gasteiger partial charge in [-0.15, -0.1) is 0 Å². The molecule has 1 fully saturated rings. The van der Waals surface area contributed by atoms with Crippen molar-refractivity contribution < 1.29 is 24.6 Å². The number of carboxylic acid groups (broad SMARTS) is 2. The molecule has 3 atom stereocenters. The van der Waals surface area contributed by atoms with E-state index in [0.717, 1.165) is 0 Å². The molecule has 0 amide bonds. The van der Waals surface area contributed by atoms with Crippen molar-refractivity contribution in [3.8, 4) is 0 Å². The molecule has 78 valence electrons. The van der Waals surface area contributed by atoms with Crippen molar-refractivity contribution in [1.82, 2.24) is 0 Å². The van der Waals surface area contributed by atoms with Gasteiger partial charge in [-0.3, -0.25) is 14.4 Å². The molecule has 0 aromatic heterocycles. The Morgan fingerprint density at radius 1 is 1.21 bits per heavy atom. The van der Waals surface area contributed by atoms with Crippen LogP contribution in [0.3, 0.4) is 0 Å². The van der Waals surface area contributed by atoms with Gasteiger partial charge in [0.2, 0.25) is 0 Å². The zero-order chi connectivity index (χ0) is 10.9. The first-order valence-electron chi connectivity index (χ1n) is 4.40. The van der Waals surface area contributed by atoms with Gasteiger partial charge in [0.15, 0.2) is 0 Å². The molecule has 2 N–H and O–H groups in total. The maximum Gasteiger partial charge on any atom is 0.307 e. The number of aliphatic carboxylic acids is 2. The Morgan fingerprint density at radius 2 is 1.79 bits per heavy atom. The van der Waals surface area contributed by atoms with Gasteiger partial charge in [-0.2, -0.15) is 0 Å².